The second-order valence-electron chi connectivity index (χ2n) is 5.35. The molecule has 0 amide bonds. The molecule has 108 valence electrons. The SMILES string of the molecule is CC(C)n1nccc1CNCCCN1CCOCC1. The van der Waals surface area contributed by atoms with Gasteiger partial charge in [-0.05, 0) is 39.4 Å². The van der Waals surface area contributed by atoms with E-state index in [9.17, 15) is 0 Å². The fraction of sp³-hybridized carbons (Fsp3) is 0.786. The summed E-state index contributed by atoms with van der Waals surface area (Å²) in [5, 5.41) is 7.85. The Labute approximate surface area is 115 Å². The van der Waals surface area contributed by atoms with Crippen molar-refractivity contribution in [3.05, 3.63) is 18.0 Å². The Bertz CT molecular complexity index is 358. The van der Waals surface area contributed by atoms with Crippen LogP contribution in [0.15, 0.2) is 12.3 Å². The smallest absolute Gasteiger partial charge is 0.0594 e. The molecule has 1 aromatic heterocycles. The summed E-state index contributed by atoms with van der Waals surface area (Å²) in [6, 6.07) is 2.52. The van der Waals surface area contributed by atoms with Crippen molar-refractivity contribution in [2.75, 3.05) is 39.4 Å². The van der Waals surface area contributed by atoms with Crippen LogP contribution in [0.2, 0.25) is 0 Å². The lowest BCUT2D eigenvalue weighted by atomic mass is 10.3. The van der Waals surface area contributed by atoms with E-state index in [-0.39, 0.29) is 0 Å². The fourth-order valence-corrected chi connectivity index (χ4v) is 2.42. The Kier molecular flexibility index (Phi) is 5.82. The Morgan fingerprint density at radius 1 is 1.37 bits per heavy atom. The number of hydrogen-bond acceptors (Lipinski definition) is 4. The molecule has 0 spiro atoms. The normalized spacial score (nSPS) is 17.2. The van der Waals surface area contributed by atoms with Crippen molar-refractivity contribution in [3.8, 4) is 0 Å². The molecule has 0 radical (unpaired) electrons. The molecule has 1 fully saturated rings. The molecule has 1 N–H and O–H groups in total. The molecule has 1 aromatic rings. The van der Waals surface area contributed by atoms with E-state index < -0.39 is 0 Å². The minimum atomic E-state index is 0.431. The van der Waals surface area contributed by atoms with Crippen LogP contribution in [-0.4, -0.2) is 54.1 Å². The largest absolute Gasteiger partial charge is 0.379 e. The molecule has 2 heterocycles. The maximum atomic E-state index is 5.34. The quantitative estimate of drug-likeness (QED) is 0.755. The maximum absolute atomic E-state index is 5.34. The molecule has 0 atom stereocenters. The summed E-state index contributed by atoms with van der Waals surface area (Å²) in [5.41, 5.74) is 1.27. The van der Waals surface area contributed by atoms with Gasteiger partial charge in [0.05, 0.1) is 18.9 Å². The second-order valence-corrected chi connectivity index (χ2v) is 5.35. The minimum absolute atomic E-state index is 0.431. The zero-order chi connectivity index (χ0) is 13.5. The molecule has 1 aliphatic rings. The van der Waals surface area contributed by atoms with Crippen LogP contribution in [0.3, 0.4) is 0 Å². The molecular weight excluding hydrogens is 240 g/mol. The maximum Gasteiger partial charge on any atom is 0.0594 e. The summed E-state index contributed by atoms with van der Waals surface area (Å²) in [6.07, 6.45) is 3.07. The molecule has 0 saturated carbocycles. The number of aromatic nitrogens is 2. The van der Waals surface area contributed by atoms with Gasteiger partial charge in [0, 0.05) is 31.9 Å². The lowest BCUT2D eigenvalue weighted by Crippen LogP contribution is -2.37. The van der Waals surface area contributed by atoms with Crippen LogP contribution >= 0.6 is 0 Å². The highest BCUT2D eigenvalue weighted by atomic mass is 16.5. The van der Waals surface area contributed by atoms with E-state index in [2.05, 4.69) is 39.9 Å². The van der Waals surface area contributed by atoms with E-state index in [4.69, 9.17) is 4.74 Å². The first-order chi connectivity index (χ1) is 9.27. The van der Waals surface area contributed by atoms with Gasteiger partial charge in [-0.3, -0.25) is 9.58 Å². The fourth-order valence-electron chi connectivity index (χ4n) is 2.42. The molecule has 5 nitrogen and oxygen atoms in total. The molecule has 0 aliphatic carbocycles. The van der Waals surface area contributed by atoms with E-state index in [0.717, 1.165) is 39.4 Å². The average Bonchev–Trinajstić information content (AvgIpc) is 2.88. The first-order valence-corrected chi connectivity index (χ1v) is 7.30. The van der Waals surface area contributed by atoms with Crippen molar-refractivity contribution in [3.63, 3.8) is 0 Å². The third-order valence-corrected chi connectivity index (χ3v) is 3.48. The van der Waals surface area contributed by atoms with Crippen molar-refractivity contribution in [1.82, 2.24) is 20.0 Å². The van der Waals surface area contributed by atoms with E-state index in [0.29, 0.717) is 6.04 Å². The van der Waals surface area contributed by atoms with Gasteiger partial charge < -0.3 is 10.1 Å². The predicted molar refractivity (Wildman–Crippen MR) is 76.2 cm³/mol. The van der Waals surface area contributed by atoms with Crippen LogP contribution in [0.1, 0.15) is 32.0 Å². The minimum Gasteiger partial charge on any atom is -0.379 e. The summed E-state index contributed by atoms with van der Waals surface area (Å²) < 4.78 is 7.42. The number of morpholine rings is 1. The highest BCUT2D eigenvalue weighted by Crippen LogP contribution is 2.07. The Balaban J connectivity index is 1.59. The molecule has 2 rings (SSSR count). The van der Waals surface area contributed by atoms with Crippen LogP contribution in [0.25, 0.3) is 0 Å². The Morgan fingerprint density at radius 2 is 2.16 bits per heavy atom. The monoisotopic (exact) mass is 266 g/mol. The third-order valence-electron chi connectivity index (χ3n) is 3.48. The van der Waals surface area contributed by atoms with Crippen molar-refractivity contribution in [2.45, 2.75) is 32.9 Å². The van der Waals surface area contributed by atoms with Gasteiger partial charge in [0.15, 0.2) is 0 Å². The lowest BCUT2D eigenvalue weighted by Gasteiger charge is -2.26. The van der Waals surface area contributed by atoms with Gasteiger partial charge in [-0.25, -0.2) is 0 Å². The van der Waals surface area contributed by atoms with Crippen LogP contribution in [-0.2, 0) is 11.3 Å². The number of nitrogens with zero attached hydrogens (tertiary/aromatic N) is 3. The number of nitrogens with one attached hydrogen (secondary N) is 1. The van der Waals surface area contributed by atoms with Gasteiger partial charge in [0.1, 0.15) is 0 Å². The molecule has 0 unspecified atom stereocenters. The summed E-state index contributed by atoms with van der Waals surface area (Å²) in [5.74, 6) is 0. The van der Waals surface area contributed by atoms with Gasteiger partial charge >= 0.3 is 0 Å². The van der Waals surface area contributed by atoms with E-state index >= 15 is 0 Å². The first kappa shape index (κ1) is 14.5. The van der Waals surface area contributed by atoms with Crippen molar-refractivity contribution >= 4 is 0 Å². The van der Waals surface area contributed by atoms with Crippen molar-refractivity contribution < 1.29 is 4.74 Å². The van der Waals surface area contributed by atoms with E-state index in [1.54, 1.807) is 0 Å². The molecule has 1 aliphatic heterocycles. The van der Waals surface area contributed by atoms with Gasteiger partial charge in [0.2, 0.25) is 0 Å². The topological polar surface area (TPSA) is 42.3 Å². The standard InChI is InChI=1S/C14H26N4O/c1-13(2)18-14(4-6-16-18)12-15-5-3-7-17-8-10-19-11-9-17/h4,6,13,15H,3,5,7-12H2,1-2H3. The summed E-state index contributed by atoms with van der Waals surface area (Å²) in [6.45, 7) is 11.4. The number of hydrogen-bond donors (Lipinski definition) is 1. The summed E-state index contributed by atoms with van der Waals surface area (Å²) in [7, 11) is 0. The van der Waals surface area contributed by atoms with Gasteiger partial charge in [-0.1, -0.05) is 0 Å². The highest BCUT2D eigenvalue weighted by Gasteiger charge is 2.09. The first-order valence-electron chi connectivity index (χ1n) is 7.30. The van der Waals surface area contributed by atoms with Crippen LogP contribution in [0.4, 0.5) is 0 Å². The van der Waals surface area contributed by atoms with Gasteiger partial charge in [-0.2, -0.15) is 5.10 Å². The van der Waals surface area contributed by atoms with Crippen LogP contribution < -0.4 is 5.32 Å². The second kappa shape index (κ2) is 7.62. The van der Waals surface area contributed by atoms with E-state index in [1.807, 2.05) is 6.20 Å². The molecular formula is C14H26N4O. The average molecular weight is 266 g/mol. The molecule has 5 heteroatoms. The number of rotatable bonds is 7. The third kappa shape index (κ3) is 4.60. The van der Waals surface area contributed by atoms with Crippen molar-refractivity contribution in [1.29, 1.82) is 0 Å². The predicted octanol–water partition coefficient (Wildman–Crippen LogP) is 1.28. The molecule has 0 bridgehead atoms. The molecule has 0 aromatic carbocycles. The van der Waals surface area contributed by atoms with Crippen LogP contribution in [0, 0.1) is 0 Å². The summed E-state index contributed by atoms with van der Waals surface area (Å²) >= 11 is 0. The zero-order valence-electron chi connectivity index (χ0n) is 12.1. The molecule has 1 saturated heterocycles. The molecule has 19 heavy (non-hydrogen) atoms. The van der Waals surface area contributed by atoms with Gasteiger partial charge in [-0.15, -0.1) is 0 Å². The van der Waals surface area contributed by atoms with E-state index in [1.165, 1.54) is 18.7 Å². The van der Waals surface area contributed by atoms with Crippen LogP contribution in [0.5, 0.6) is 0 Å². The lowest BCUT2D eigenvalue weighted by molar-refractivity contribution is 0.0374. The van der Waals surface area contributed by atoms with Crippen molar-refractivity contribution in [2.24, 2.45) is 0 Å². The highest BCUT2D eigenvalue weighted by molar-refractivity contribution is 5.01. The Hall–Kier alpha value is -0.910. The zero-order valence-corrected chi connectivity index (χ0v) is 12.1. The summed E-state index contributed by atoms with van der Waals surface area (Å²) in [4.78, 5) is 2.48. The number of ether oxygens (including phenoxy) is 1. The van der Waals surface area contributed by atoms with Gasteiger partial charge in [0.25, 0.3) is 0 Å². The Morgan fingerprint density at radius 3 is 2.89 bits per heavy atom.